The van der Waals surface area contributed by atoms with E-state index in [9.17, 15) is 9.59 Å². The molecule has 5 nitrogen and oxygen atoms in total. The number of likely N-dealkylation sites (tertiary alicyclic amines) is 1. The maximum Gasteiger partial charge on any atom is 0.255 e. The molecule has 1 N–H and O–H groups in total. The number of rotatable bonds is 5. The first-order chi connectivity index (χ1) is 12.1. The molecule has 0 saturated carbocycles. The number of halogens is 1. The van der Waals surface area contributed by atoms with Gasteiger partial charge in [-0.15, -0.1) is 0 Å². The highest BCUT2D eigenvalue weighted by atomic mass is 35.5. The Morgan fingerprint density at radius 1 is 1.28 bits per heavy atom. The van der Waals surface area contributed by atoms with Crippen molar-refractivity contribution < 1.29 is 14.3 Å². The lowest BCUT2D eigenvalue weighted by molar-refractivity contribution is -0.128. The van der Waals surface area contributed by atoms with Crippen LogP contribution in [0, 0.1) is 0 Å². The third-order valence-corrected chi connectivity index (χ3v) is 4.44. The first kappa shape index (κ1) is 17.3. The summed E-state index contributed by atoms with van der Waals surface area (Å²) in [5.41, 5.74) is 2.07. The minimum atomic E-state index is -0.226. The SMILES string of the molecule is COc1ccc(NC(=O)c2cccc(CN3CCCC3=O)c2)cc1Cl. The Morgan fingerprint density at radius 3 is 2.80 bits per heavy atom. The number of hydrogen-bond acceptors (Lipinski definition) is 3. The van der Waals surface area contributed by atoms with E-state index in [0.29, 0.717) is 35.0 Å². The van der Waals surface area contributed by atoms with Crippen molar-refractivity contribution in [1.82, 2.24) is 4.90 Å². The Hall–Kier alpha value is -2.53. The number of carbonyl (C=O) groups excluding carboxylic acids is 2. The van der Waals surface area contributed by atoms with E-state index in [1.807, 2.05) is 23.1 Å². The lowest BCUT2D eigenvalue weighted by Crippen LogP contribution is -2.24. The summed E-state index contributed by atoms with van der Waals surface area (Å²) in [5.74, 6) is 0.496. The van der Waals surface area contributed by atoms with Crippen LogP contribution in [0.2, 0.25) is 5.02 Å². The third-order valence-electron chi connectivity index (χ3n) is 4.14. The number of nitrogens with zero attached hydrogens (tertiary/aromatic N) is 1. The van der Waals surface area contributed by atoms with Crippen LogP contribution in [0.1, 0.15) is 28.8 Å². The van der Waals surface area contributed by atoms with Crippen molar-refractivity contribution >= 4 is 29.1 Å². The second-order valence-corrected chi connectivity index (χ2v) is 6.33. The summed E-state index contributed by atoms with van der Waals surface area (Å²) in [7, 11) is 1.54. The van der Waals surface area contributed by atoms with Crippen molar-refractivity contribution in [1.29, 1.82) is 0 Å². The maximum absolute atomic E-state index is 12.5. The van der Waals surface area contributed by atoms with Gasteiger partial charge >= 0.3 is 0 Å². The molecular formula is C19H19ClN2O3. The van der Waals surface area contributed by atoms with Crippen molar-refractivity contribution in [2.24, 2.45) is 0 Å². The van der Waals surface area contributed by atoms with E-state index >= 15 is 0 Å². The zero-order valence-corrected chi connectivity index (χ0v) is 14.7. The molecule has 1 fully saturated rings. The Labute approximate surface area is 151 Å². The average Bonchev–Trinajstić information content (AvgIpc) is 3.00. The van der Waals surface area contributed by atoms with E-state index in [1.165, 1.54) is 7.11 Å². The fourth-order valence-corrected chi connectivity index (χ4v) is 3.11. The lowest BCUT2D eigenvalue weighted by Gasteiger charge is -2.16. The van der Waals surface area contributed by atoms with Crippen LogP contribution >= 0.6 is 11.6 Å². The fraction of sp³-hybridized carbons (Fsp3) is 0.263. The Kier molecular flexibility index (Phi) is 5.24. The van der Waals surface area contributed by atoms with Crippen molar-refractivity contribution in [2.75, 3.05) is 19.0 Å². The van der Waals surface area contributed by atoms with Crippen molar-refractivity contribution in [2.45, 2.75) is 19.4 Å². The van der Waals surface area contributed by atoms with Gasteiger partial charge in [0.2, 0.25) is 5.91 Å². The molecule has 0 aromatic heterocycles. The number of carbonyl (C=O) groups is 2. The van der Waals surface area contributed by atoms with Gasteiger partial charge in [-0.2, -0.15) is 0 Å². The summed E-state index contributed by atoms with van der Waals surface area (Å²) in [4.78, 5) is 26.0. The van der Waals surface area contributed by atoms with Crippen LogP contribution in [0.25, 0.3) is 0 Å². The summed E-state index contributed by atoms with van der Waals surface area (Å²) >= 11 is 6.08. The Morgan fingerprint density at radius 2 is 2.12 bits per heavy atom. The topological polar surface area (TPSA) is 58.6 Å². The van der Waals surface area contributed by atoms with Gasteiger partial charge in [0.05, 0.1) is 12.1 Å². The normalized spacial score (nSPS) is 13.8. The minimum Gasteiger partial charge on any atom is -0.495 e. The molecule has 1 saturated heterocycles. The largest absolute Gasteiger partial charge is 0.495 e. The molecule has 1 aliphatic rings. The average molecular weight is 359 g/mol. The number of nitrogens with one attached hydrogen (secondary N) is 1. The highest BCUT2D eigenvalue weighted by Gasteiger charge is 2.20. The molecule has 0 atom stereocenters. The summed E-state index contributed by atoms with van der Waals surface area (Å²) < 4.78 is 5.10. The predicted molar refractivity (Wildman–Crippen MR) is 97.1 cm³/mol. The smallest absolute Gasteiger partial charge is 0.255 e. The third kappa shape index (κ3) is 4.12. The highest BCUT2D eigenvalue weighted by Crippen LogP contribution is 2.27. The quantitative estimate of drug-likeness (QED) is 0.886. The number of ether oxygens (including phenoxy) is 1. The molecular weight excluding hydrogens is 340 g/mol. The zero-order valence-electron chi connectivity index (χ0n) is 13.9. The molecule has 0 aliphatic carbocycles. The maximum atomic E-state index is 12.5. The van der Waals surface area contributed by atoms with Gasteiger partial charge in [0.25, 0.3) is 5.91 Å². The Bertz CT molecular complexity index is 807. The minimum absolute atomic E-state index is 0.169. The lowest BCUT2D eigenvalue weighted by atomic mass is 10.1. The first-order valence-electron chi connectivity index (χ1n) is 8.08. The summed E-state index contributed by atoms with van der Waals surface area (Å²) in [6.45, 7) is 1.31. The molecule has 3 rings (SSSR count). The number of methoxy groups -OCH3 is 1. The molecule has 0 radical (unpaired) electrons. The molecule has 2 aromatic carbocycles. The van der Waals surface area contributed by atoms with E-state index in [1.54, 1.807) is 24.3 Å². The molecule has 0 spiro atoms. The molecule has 6 heteroatoms. The van der Waals surface area contributed by atoms with E-state index in [4.69, 9.17) is 16.3 Å². The molecule has 2 amide bonds. The van der Waals surface area contributed by atoms with Gasteiger partial charge in [0.15, 0.2) is 0 Å². The summed E-state index contributed by atoms with van der Waals surface area (Å²) in [6, 6.07) is 12.4. The van der Waals surface area contributed by atoms with E-state index in [2.05, 4.69) is 5.32 Å². The number of hydrogen-bond donors (Lipinski definition) is 1. The van der Waals surface area contributed by atoms with E-state index in [0.717, 1.165) is 18.5 Å². The van der Waals surface area contributed by atoms with Gasteiger partial charge in [-0.05, 0) is 42.3 Å². The zero-order chi connectivity index (χ0) is 17.8. The van der Waals surface area contributed by atoms with Gasteiger partial charge in [-0.25, -0.2) is 0 Å². The van der Waals surface area contributed by atoms with E-state index < -0.39 is 0 Å². The van der Waals surface area contributed by atoms with E-state index in [-0.39, 0.29) is 11.8 Å². The van der Waals surface area contributed by atoms with Crippen molar-refractivity contribution in [3.8, 4) is 5.75 Å². The van der Waals surface area contributed by atoms with Crippen molar-refractivity contribution in [3.05, 3.63) is 58.6 Å². The van der Waals surface area contributed by atoms with Gasteiger partial charge in [-0.1, -0.05) is 23.7 Å². The first-order valence-corrected chi connectivity index (χ1v) is 8.46. The highest BCUT2D eigenvalue weighted by molar-refractivity contribution is 6.32. The monoisotopic (exact) mass is 358 g/mol. The molecule has 0 bridgehead atoms. The molecule has 1 heterocycles. The van der Waals surface area contributed by atoms with Crippen LogP contribution in [0.15, 0.2) is 42.5 Å². The van der Waals surface area contributed by atoms with Crippen LogP contribution in [0.5, 0.6) is 5.75 Å². The standard InChI is InChI=1S/C19H19ClN2O3/c1-25-17-8-7-15(11-16(17)20)21-19(24)14-5-2-4-13(10-14)12-22-9-3-6-18(22)23/h2,4-5,7-8,10-11H,3,6,9,12H2,1H3,(H,21,24). The van der Waals surface area contributed by atoms with Crippen LogP contribution in [0.3, 0.4) is 0 Å². The van der Waals surface area contributed by atoms with Crippen molar-refractivity contribution in [3.63, 3.8) is 0 Å². The van der Waals surface area contributed by atoms with Gasteiger partial charge in [0, 0.05) is 30.8 Å². The Balaban J connectivity index is 1.70. The van der Waals surface area contributed by atoms with Crippen LogP contribution in [0.4, 0.5) is 5.69 Å². The van der Waals surface area contributed by atoms with Gasteiger partial charge in [-0.3, -0.25) is 9.59 Å². The van der Waals surface area contributed by atoms with Crippen LogP contribution in [-0.2, 0) is 11.3 Å². The molecule has 130 valence electrons. The van der Waals surface area contributed by atoms with Crippen LogP contribution < -0.4 is 10.1 Å². The predicted octanol–water partition coefficient (Wildman–Crippen LogP) is 3.72. The molecule has 25 heavy (non-hydrogen) atoms. The summed E-state index contributed by atoms with van der Waals surface area (Å²) in [6.07, 6.45) is 1.51. The number of benzene rings is 2. The number of anilines is 1. The van der Waals surface area contributed by atoms with Crippen LogP contribution in [-0.4, -0.2) is 30.4 Å². The molecule has 2 aromatic rings. The number of amides is 2. The summed E-state index contributed by atoms with van der Waals surface area (Å²) in [5, 5.41) is 3.25. The molecule has 0 unspecified atom stereocenters. The van der Waals surface area contributed by atoms with Gasteiger partial charge < -0.3 is 15.0 Å². The fourth-order valence-electron chi connectivity index (χ4n) is 2.85. The second-order valence-electron chi connectivity index (χ2n) is 5.92. The second kappa shape index (κ2) is 7.57. The molecule has 1 aliphatic heterocycles. The van der Waals surface area contributed by atoms with Gasteiger partial charge in [0.1, 0.15) is 5.75 Å².